The van der Waals surface area contributed by atoms with E-state index in [-0.39, 0.29) is 17.3 Å². The molecule has 0 saturated carbocycles. The lowest BCUT2D eigenvalue weighted by atomic mass is 10.2. The first-order chi connectivity index (χ1) is 11.3. The van der Waals surface area contributed by atoms with Crippen LogP contribution in [0.2, 0.25) is 0 Å². The van der Waals surface area contributed by atoms with Crippen molar-refractivity contribution >= 4 is 44.2 Å². The lowest BCUT2D eigenvalue weighted by molar-refractivity contribution is 0.102. The Morgan fingerprint density at radius 2 is 1.88 bits per heavy atom. The van der Waals surface area contributed by atoms with Gasteiger partial charge < -0.3 is 5.32 Å². The predicted molar refractivity (Wildman–Crippen MR) is 104 cm³/mol. The summed E-state index contributed by atoms with van der Waals surface area (Å²) in [5, 5.41) is 2.80. The molecule has 0 fully saturated rings. The standard InChI is InChI=1S/C17H17IN2O3S/c1-3-10-19-24(22,23)15-8-5-13(6-9-15)17(21)20-14-7-4-12(2)16(18)11-14/h3-9,11,19H,1,10H2,2H3,(H,20,21). The van der Waals surface area contributed by atoms with E-state index >= 15 is 0 Å². The number of carbonyl (C=O) groups excluding carboxylic acids is 1. The van der Waals surface area contributed by atoms with Crippen LogP contribution in [0, 0.1) is 10.5 Å². The molecule has 0 atom stereocenters. The van der Waals surface area contributed by atoms with E-state index in [0.29, 0.717) is 11.3 Å². The molecule has 0 aliphatic rings. The molecule has 0 bridgehead atoms. The van der Waals surface area contributed by atoms with E-state index in [1.807, 2.05) is 25.1 Å². The van der Waals surface area contributed by atoms with Gasteiger partial charge in [-0.15, -0.1) is 6.58 Å². The highest BCUT2D eigenvalue weighted by molar-refractivity contribution is 14.1. The second-order valence-electron chi connectivity index (χ2n) is 5.08. The highest BCUT2D eigenvalue weighted by Gasteiger charge is 2.14. The normalized spacial score (nSPS) is 11.1. The van der Waals surface area contributed by atoms with Crippen LogP contribution in [-0.4, -0.2) is 20.9 Å². The largest absolute Gasteiger partial charge is 0.322 e. The van der Waals surface area contributed by atoms with E-state index in [1.165, 1.54) is 30.3 Å². The Hall–Kier alpha value is -1.71. The SMILES string of the molecule is C=CCNS(=O)(=O)c1ccc(C(=O)Nc2ccc(C)c(I)c2)cc1. The molecule has 0 unspecified atom stereocenters. The maximum absolute atomic E-state index is 12.3. The number of carbonyl (C=O) groups is 1. The maximum Gasteiger partial charge on any atom is 0.255 e. The zero-order valence-corrected chi connectivity index (χ0v) is 16.0. The minimum Gasteiger partial charge on any atom is -0.322 e. The summed E-state index contributed by atoms with van der Waals surface area (Å²) in [7, 11) is -3.59. The van der Waals surface area contributed by atoms with Crippen molar-refractivity contribution < 1.29 is 13.2 Å². The number of nitrogens with one attached hydrogen (secondary N) is 2. The minimum atomic E-state index is -3.59. The first-order valence-electron chi connectivity index (χ1n) is 7.11. The van der Waals surface area contributed by atoms with Gasteiger partial charge in [0.05, 0.1) is 4.90 Å². The average Bonchev–Trinajstić information content (AvgIpc) is 2.56. The highest BCUT2D eigenvalue weighted by atomic mass is 127. The van der Waals surface area contributed by atoms with Gasteiger partial charge in [-0.25, -0.2) is 13.1 Å². The van der Waals surface area contributed by atoms with Gasteiger partial charge in [0, 0.05) is 21.4 Å². The molecule has 5 nitrogen and oxygen atoms in total. The number of anilines is 1. The Labute approximate surface area is 155 Å². The van der Waals surface area contributed by atoms with Crippen LogP contribution in [0.25, 0.3) is 0 Å². The Balaban J connectivity index is 2.13. The van der Waals surface area contributed by atoms with Gasteiger partial charge in [-0.1, -0.05) is 12.1 Å². The van der Waals surface area contributed by atoms with Crippen molar-refractivity contribution in [3.8, 4) is 0 Å². The van der Waals surface area contributed by atoms with Crippen LogP contribution >= 0.6 is 22.6 Å². The number of benzene rings is 2. The number of hydrogen-bond donors (Lipinski definition) is 2. The molecule has 0 aliphatic heterocycles. The molecule has 0 saturated heterocycles. The molecule has 0 heterocycles. The summed E-state index contributed by atoms with van der Waals surface area (Å²) >= 11 is 2.20. The molecule has 24 heavy (non-hydrogen) atoms. The zero-order chi connectivity index (χ0) is 17.7. The van der Waals surface area contributed by atoms with Crippen LogP contribution in [-0.2, 0) is 10.0 Å². The van der Waals surface area contributed by atoms with E-state index in [4.69, 9.17) is 0 Å². The van der Waals surface area contributed by atoms with Gasteiger partial charge in [-0.05, 0) is 71.5 Å². The van der Waals surface area contributed by atoms with Crippen molar-refractivity contribution in [2.24, 2.45) is 0 Å². The summed E-state index contributed by atoms with van der Waals surface area (Å²) in [5.74, 6) is -0.294. The monoisotopic (exact) mass is 456 g/mol. The quantitative estimate of drug-likeness (QED) is 0.518. The Bertz CT molecular complexity index is 862. The molecule has 2 aromatic carbocycles. The molecule has 0 radical (unpaired) electrons. The molecule has 7 heteroatoms. The summed E-state index contributed by atoms with van der Waals surface area (Å²) in [6, 6.07) is 11.4. The fourth-order valence-corrected chi connectivity index (χ4v) is 3.42. The number of amides is 1. The predicted octanol–water partition coefficient (Wildman–Crippen LogP) is 3.32. The van der Waals surface area contributed by atoms with Gasteiger partial charge in [0.25, 0.3) is 5.91 Å². The lowest BCUT2D eigenvalue weighted by Crippen LogP contribution is -2.23. The second-order valence-corrected chi connectivity index (χ2v) is 8.01. The topological polar surface area (TPSA) is 75.3 Å². The Morgan fingerprint density at radius 3 is 2.46 bits per heavy atom. The van der Waals surface area contributed by atoms with Crippen molar-refractivity contribution in [1.29, 1.82) is 0 Å². The van der Waals surface area contributed by atoms with E-state index < -0.39 is 10.0 Å². The van der Waals surface area contributed by atoms with Gasteiger partial charge in [-0.3, -0.25) is 4.79 Å². The van der Waals surface area contributed by atoms with Crippen molar-refractivity contribution in [3.05, 3.63) is 69.8 Å². The molecule has 126 valence electrons. The maximum atomic E-state index is 12.3. The summed E-state index contributed by atoms with van der Waals surface area (Å²) in [6.45, 7) is 5.61. The fraction of sp³-hybridized carbons (Fsp3) is 0.118. The average molecular weight is 456 g/mol. The van der Waals surface area contributed by atoms with Crippen LogP contribution in [0.3, 0.4) is 0 Å². The van der Waals surface area contributed by atoms with E-state index in [9.17, 15) is 13.2 Å². The van der Waals surface area contributed by atoms with E-state index in [0.717, 1.165) is 9.13 Å². The third-order valence-corrected chi connectivity index (χ3v) is 5.88. The van der Waals surface area contributed by atoms with Crippen LogP contribution in [0.5, 0.6) is 0 Å². The Kier molecular flexibility index (Phi) is 6.14. The fourth-order valence-electron chi connectivity index (χ4n) is 1.91. The molecule has 1 amide bonds. The van der Waals surface area contributed by atoms with Crippen molar-refractivity contribution in [3.63, 3.8) is 0 Å². The highest BCUT2D eigenvalue weighted by Crippen LogP contribution is 2.18. The molecular weight excluding hydrogens is 439 g/mol. The van der Waals surface area contributed by atoms with Crippen LogP contribution in [0.4, 0.5) is 5.69 Å². The van der Waals surface area contributed by atoms with Crippen LogP contribution in [0.1, 0.15) is 15.9 Å². The van der Waals surface area contributed by atoms with Crippen LogP contribution < -0.4 is 10.0 Å². The van der Waals surface area contributed by atoms with Gasteiger partial charge >= 0.3 is 0 Å². The van der Waals surface area contributed by atoms with Crippen molar-refractivity contribution in [1.82, 2.24) is 4.72 Å². The first kappa shape index (κ1) is 18.6. The van der Waals surface area contributed by atoms with Gasteiger partial charge in [0.1, 0.15) is 0 Å². The summed E-state index contributed by atoms with van der Waals surface area (Å²) in [6.07, 6.45) is 1.46. The van der Waals surface area contributed by atoms with E-state index in [2.05, 4.69) is 39.2 Å². The minimum absolute atomic E-state index is 0.103. The Morgan fingerprint density at radius 1 is 1.21 bits per heavy atom. The third kappa shape index (κ3) is 4.65. The van der Waals surface area contributed by atoms with Crippen molar-refractivity contribution in [2.75, 3.05) is 11.9 Å². The molecule has 2 rings (SSSR count). The number of aryl methyl sites for hydroxylation is 1. The molecule has 0 spiro atoms. The van der Waals surface area contributed by atoms with Gasteiger partial charge in [0.2, 0.25) is 10.0 Å². The molecule has 0 aliphatic carbocycles. The number of rotatable bonds is 6. The van der Waals surface area contributed by atoms with Gasteiger partial charge in [0.15, 0.2) is 0 Å². The summed E-state index contributed by atoms with van der Waals surface area (Å²) in [4.78, 5) is 12.4. The number of hydrogen-bond acceptors (Lipinski definition) is 3. The second kappa shape index (κ2) is 7.91. The van der Waals surface area contributed by atoms with Crippen LogP contribution in [0.15, 0.2) is 60.0 Å². The van der Waals surface area contributed by atoms with Gasteiger partial charge in [-0.2, -0.15) is 0 Å². The van der Waals surface area contributed by atoms with Crippen molar-refractivity contribution in [2.45, 2.75) is 11.8 Å². The summed E-state index contributed by atoms with van der Waals surface area (Å²) < 4.78 is 27.4. The summed E-state index contributed by atoms with van der Waals surface area (Å²) in [5.41, 5.74) is 2.21. The smallest absolute Gasteiger partial charge is 0.255 e. The lowest BCUT2D eigenvalue weighted by Gasteiger charge is -2.08. The first-order valence-corrected chi connectivity index (χ1v) is 9.68. The van der Waals surface area contributed by atoms with E-state index in [1.54, 1.807) is 0 Å². The molecule has 0 aromatic heterocycles. The number of sulfonamides is 1. The number of halogens is 1. The zero-order valence-electron chi connectivity index (χ0n) is 13.0. The molecule has 2 N–H and O–H groups in total. The molecule has 2 aromatic rings. The molecular formula is C17H17IN2O3S. The third-order valence-electron chi connectivity index (χ3n) is 3.27.